The lowest BCUT2D eigenvalue weighted by Crippen LogP contribution is -2.52. The Morgan fingerprint density at radius 1 is 1.08 bits per heavy atom. The number of amides is 1. The van der Waals surface area contributed by atoms with Crippen molar-refractivity contribution in [3.63, 3.8) is 0 Å². The van der Waals surface area contributed by atoms with Gasteiger partial charge < -0.3 is 9.64 Å². The minimum absolute atomic E-state index is 0.0672. The van der Waals surface area contributed by atoms with Gasteiger partial charge in [-0.3, -0.25) is 10.1 Å². The number of hydrogen-bond donors (Lipinski definition) is 1. The summed E-state index contributed by atoms with van der Waals surface area (Å²) in [6, 6.07) is 8.08. The molecule has 1 N–H and O–H groups in total. The number of fused-ring (bicyclic) bond motifs is 1. The molecule has 2 aliphatic heterocycles. The monoisotopic (exact) mass is 556 g/mol. The second-order valence-electron chi connectivity index (χ2n) is 10.4. The van der Waals surface area contributed by atoms with Crippen molar-refractivity contribution in [2.75, 3.05) is 19.4 Å². The molecule has 0 spiro atoms. The Balaban J connectivity index is 1.57. The summed E-state index contributed by atoms with van der Waals surface area (Å²) in [7, 11) is -3.37. The molecule has 0 saturated carbocycles. The molecule has 11 heteroatoms. The average Bonchev–Trinajstić information content (AvgIpc) is 3.44. The molecule has 3 unspecified atom stereocenters. The van der Waals surface area contributed by atoms with Crippen molar-refractivity contribution in [1.82, 2.24) is 10.2 Å². The van der Waals surface area contributed by atoms with Crippen LogP contribution < -0.4 is 5.32 Å². The van der Waals surface area contributed by atoms with Crippen molar-refractivity contribution >= 4 is 15.7 Å². The van der Waals surface area contributed by atoms with Gasteiger partial charge in [-0.05, 0) is 47.6 Å². The lowest BCUT2D eigenvalue weighted by atomic mass is 9.97. The number of nitrogens with zero attached hydrogens (tertiary/aromatic N) is 1. The molecule has 2 saturated heterocycles. The summed E-state index contributed by atoms with van der Waals surface area (Å²) in [6.45, 7) is 3.76. The number of hydrogen-bond acceptors (Lipinski definition) is 5. The van der Waals surface area contributed by atoms with E-state index in [0.29, 0.717) is 24.2 Å². The first-order chi connectivity index (χ1) is 17.8. The molecule has 5 atom stereocenters. The third kappa shape index (κ3) is 6.21. The standard InChI is InChI=1S/C27H32F4N2O4S/c1-16(2)14-22(26(34)33-15-21(28)24-23(33)12-13-37-24)32-25(27(29,30)31)19-6-4-17(5-7-19)18-8-10-20(11-9-18)38(3,35)36/h4-11,16,21-25,32H,12-15H2,1-3H3/t21-,22?,23?,24+,25?/m0/s1. The third-order valence-corrected chi connectivity index (χ3v) is 8.20. The normalized spacial score (nSPS) is 23.5. The SMILES string of the molecule is CC(C)CC(NC(c1ccc(-c2ccc(S(C)(=O)=O)cc2)cc1)C(F)(F)F)C(=O)N1C[C@H](F)[C@H]2OCCC21. The van der Waals surface area contributed by atoms with Gasteiger partial charge in [0.05, 0.1) is 23.5 Å². The quantitative estimate of drug-likeness (QED) is 0.477. The second-order valence-corrected chi connectivity index (χ2v) is 12.5. The molecule has 2 heterocycles. The number of ether oxygens (including phenoxy) is 1. The van der Waals surface area contributed by atoms with Gasteiger partial charge in [-0.25, -0.2) is 12.8 Å². The van der Waals surface area contributed by atoms with E-state index in [0.717, 1.165) is 6.26 Å². The lowest BCUT2D eigenvalue weighted by Gasteiger charge is -2.32. The van der Waals surface area contributed by atoms with Crippen LogP contribution in [0.25, 0.3) is 11.1 Å². The van der Waals surface area contributed by atoms with Gasteiger partial charge in [-0.1, -0.05) is 50.2 Å². The number of alkyl halides is 4. The zero-order valence-corrected chi connectivity index (χ0v) is 22.2. The summed E-state index contributed by atoms with van der Waals surface area (Å²) >= 11 is 0. The van der Waals surface area contributed by atoms with Gasteiger partial charge in [0, 0.05) is 12.9 Å². The fourth-order valence-corrected chi connectivity index (χ4v) is 5.85. The number of halogens is 4. The van der Waals surface area contributed by atoms with Crippen molar-refractivity contribution in [3.05, 3.63) is 54.1 Å². The summed E-state index contributed by atoms with van der Waals surface area (Å²) in [4.78, 5) is 14.9. The van der Waals surface area contributed by atoms with Crippen LogP contribution in [0.4, 0.5) is 17.6 Å². The van der Waals surface area contributed by atoms with E-state index in [2.05, 4.69) is 5.32 Å². The van der Waals surface area contributed by atoms with Gasteiger partial charge >= 0.3 is 6.18 Å². The maximum atomic E-state index is 14.4. The van der Waals surface area contributed by atoms with E-state index in [1.807, 2.05) is 13.8 Å². The summed E-state index contributed by atoms with van der Waals surface area (Å²) < 4.78 is 86.0. The van der Waals surface area contributed by atoms with E-state index < -0.39 is 52.3 Å². The van der Waals surface area contributed by atoms with Gasteiger partial charge in [0.25, 0.3) is 0 Å². The van der Waals surface area contributed by atoms with Crippen molar-refractivity contribution in [2.24, 2.45) is 5.92 Å². The topological polar surface area (TPSA) is 75.7 Å². The fourth-order valence-electron chi connectivity index (χ4n) is 5.21. The van der Waals surface area contributed by atoms with Crippen LogP contribution in [0.1, 0.15) is 38.3 Å². The molecule has 2 aromatic rings. The van der Waals surface area contributed by atoms with E-state index in [1.54, 1.807) is 12.1 Å². The highest BCUT2D eigenvalue weighted by atomic mass is 32.2. The molecule has 2 aliphatic rings. The lowest BCUT2D eigenvalue weighted by molar-refractivity contribution is -0.162. The van der Waals surface area contributed by atoms with Gasteiger partial charge in [-0.15, -0.1) is 0 Å². The van der Waals surface area contributed by atoms with Gasteiger partial charge in [-0.2, -0.15) is 13.2 Å². The van der Waals surface area contributed by atoms with Crippen LogP contribution in [0.2, 0.25) is 0 Å². The zero-order valence-electron chi connectivity index (χ0n) is 21.4. The highest BCUT2D eigenvalue weighted by Gasteiger charge is 2.50. The van der Waals surface area contributed by atoms with Crippen LogP contribution in [0.3, 0.4) is 0 Å². The Morgan fingerprint density at radius 3 is 2.18 bits per heavy atom. The fraction of sp³-hybridized carbons (Fsp3) is 0.519. The van der Waals surface area contributed by atoms with E-state index in [1.165, 1.54) is 41.3 Å². The van der Waals surface area contributed by atoms with Crippen molar-refractivity contribution in [1.29, 1.82) is 0 Å². The van der Waals surface area contributed by atoms with Gasteiger partial charge in [0.1, 0.15) is 18.3 Å². The van der Waals surface area contributed by atoms with Crippen LogP contribution in [0.15, 0.2) is 53.4 Å². The Labute approximate surface area is 220 Å². The smallest absolute Gasteiger partial charge is 0.373 e. The van der Waals surface area contributed by atoms with Crippen LogP contribution in [0.5, 0.6) is 0 Å². The Morgan fingerprint density at radius 2 is 1.66 bits per heavy atom. The van der Waals surface area contributed by atoms with Gasteiger partial charge in [0.15, 0.2) is 9.84 Å². The molecule has 208 valence electrons. The minimum atomic E-state index is -4.69. The molecule has 0 radical (unpaired) electrons. The summed E-state index contributed by atoms with van der Waals surface area (Å²) in [5.74, 6) is -0.627. The number of carbonyl (C=O) groups is 1. The number of rotatable bonds is 8. The van der Waals surface area contributed by atoms with E-state index >= 15 is 0 Å². The number of likely N-dealkylation sites (tertiary alicyclic amines) is 1. The molecule has 38 heavy (non-hydrogen) atoms. The molecule has 0 bridgehead atoms. The molecule has 2 aromatic carbocycles. The third-order valence-electron chi connectivity index (χ3n) is 7.07. The Kier molecular flexibility index (Phi) is 8.20. The molecule has 6 nitrogen and oxygen atoms in total. The van der Waals surface area contributed by atoms with E-state index in [-0.39, 0.29) is 29.3 Å². The average molecular weight is 557 g/mol. The maximum absolute atomic E-state index is 14.4. The predicted octanol–water partition coefficient (Wildman–Crippen LogP) is 4.70. The predicted molar refractivity (Wildman–Crippen MR) is 135 cm³/mol. The second kappa shape index (κ2) is 10.9. The first-order valence-electron chi connectivity index (χ1n) is 12.5. The largest absolute Gasteiger partial charge is 0.407 e. The molecule has 2 fully saturated rings. The number of sulfone groups is 1. The van der Waals surface area contributed by atoms with E-state index in [9.17, 15) is 30.8 Å². The van der Waals surface area contributed by atoms with Crippen LogP contribution in [-0.2, 0) is 19.4 Å². The molecule has 0 aliphatic carbocycles. The Hall–Kier alpha value is -2.50. The number of benzene rings is 2. The molecular weight excluding hydrogens is 524 g/mol. The molecule has 4 rings (SSSR count). The van der Waals surface area contributed by atoms with Gasteiger partial charge in [0.2, 0.25) is 5.91 Å². The summed E-state index contributed by atoms with van der Waals surface area (Å²) in [5.41, 5.74) is 1.20. The summed E-state index contributed by atoms with van der Waals surface area (Å²) in [6.07, 6.45) is -5.07. The van der Waals surface area contributed by atoms with Crippen LogP contribution in [-0.4, -0.2) is 69.2 Å². The van der Waals surface area contributed by atoms with Crippen molar-refractivity contribution < 1.29 is 35.5 Å². The number of nitrogens with one attached hydrogen (secondary N) is 1. The van der Waals surface area contributed by atoms with Crippen LogP contribution in [0, 0.1) is 5.92 Å². The first-order valence-corrected chi connectivity index (χ1v) is 14.4. The highest BCUT2D eigenvalue weighted by molar-refractivity contribution is 7.90. The molecule has 0 aromatic heterocycles. The molecular formula is C27H32F4N2O4S. The highest BCUT2D eigenvalue weighted by Crippen LogP contribution is 2.36. The zero-order chi connectivity index (χ0) is 27.8. The number of carbonyl (C=O) groups excluding carboxylic acids is 1. The Bertz CT molecular complexity index is 1230. The van der Waals surface area contributed by atoms with E-state index in [4.69, 9.17) is 4.74 Å². The van der Waals surface area contributed by atoms with Crippen molar-refractivity contribution in [3.8, 4) is 11.1 Å². The molecule has 1 amide bonds. The van der Waals surface area contributed by atoms with Crippen molar-refractivity contribution in [2.45, 2.75) is 68.2 Å². The summed E-state index contributed by atoms with van der Waals surface area (Å²) in [5, 5.41) is 2.55. The first kappa shape index (κ1) is 28.5. The minimum Gasteiger partial charge on any atom is -0.373 e. The van der Waals surface area contributed by atoms with Crippen LogP contribution >= 0.6 is 0 Å². The maximum Gasteiger partial charge on any atom is 0.407 e.